The van der Waals surface area contributed by atoms with Gasteiger partial charge in [0.05, 0.1) is 18.1 Å². The van der Waals surface area contributed by atoms with Crippen LogP contribution in [0, 0.1) is 5.92 Å². The maximum atomic E-state index is 12.7. The molecule has 1 aromatic carbocycles. The molecule has 0 bridgehead atoms. The first-order chi connectivity index (χ1) is 13.2. The number of benzene rings is 1. The number of piperidine rings is 1. The van der Waals surface area contributed by atoms with Crippen LogP contribution in [0.4, 0.5) is 13.2 Å². The lowest BCUT2D eigenvalue weighted by Gasteiger charge is -2.33. The highest BCUT2D eigenvalue weighted by atomic mass is 32.2. The zero-order chi connectivity index (χ0) is 20.2. The zero-order valence-corrected chi connectivity index (χ0v) is 16.3. The Morgan fingerprint density at radius 1 is 1.04 bits per heavy atom. The smallest absolute Gasteiger partial charge is 0.406 e. The second-order valence-electron chi connectivity index (χ2n) is 7.11. The maximum absolute atomic E-state index is 12.7. The molecule has 28 heavy (non-hydrogen) atoms. The Bertz CT molecular complexity index is 726. The van der Waals surface area contributed by atoms with Crippen LogP contribution in [0.1, 0.15) is 19.3 Å². The summed E-state index contributed by atoms with van der Waals surface area (Å²) in [6.45, 7) is 5.28. The summed E-state index contributed by atoms with van der Waals surface area (Å²) in [5.41, 5.74) is 0. The second-order valence-corrected chi connectivity index (χ2v) is 9.05. The minimum atomic E-state index is -4.80. The molecule has 0 saturated carbocycles. The van der Waals surface area contributed by atoms with E-state index in [9.17, 15) is 21.6 Å². The minimum absolute atomic E-state index is 0.0196. The first-order valence-corrected chi connectivity index (χ1v) is 10.8. The van der Waals surface area contributed by atoms with Crippen molar-refractivity contribution in [3.63, 3.8) is 0 Å². The summed E-state index contributed by atoms with van der Waals surface area (Å²) in [6, 6.07) is 4.35. The van der Waals surface area contributed by atoms with Crippen molar-refractivity contribution in [1.29, 1.82) is 0 Å². The molecule has 10 heteroatoms. The van der Waals surface area contributed by atoms with E-state index >= 15 is 0 Å². The number of morpholine rings is 1. The third-order valence-electron chi connectivity index (χ3n) is 5.23. The summed E-state index contributed by atoms with van der Waals surface area (Å²) in [6.07, 6.45) is -2.18. The van der Waals surface area contributed by atoms with Crippen LogP contribution in [0.3, 0.4) is 0 Å². The number of nitrogens with zero attached hydrogens (tertiary/aromatic N) is 2. The van der Waals surface area contributed by atoms with Gasteiger partial charge < -0.3 is 9.47 Å². The summed E-state index contributed by atoms with van der Waals surface area (Å²) < 4.78 is 72.7. The molecule has 0 amide bonds. The molecule has 158 valence electrons. The first kappa shape index (κ1) is 21.4. The van der Waals surface area contributed by atoms with E-state index in [0.29, 0.717) is 19.0 Å². The Balaban J connectivity index is 1.51. The van der Waals surface area contributed by atoms with Gasteiger partial charge in [-0.15, -0.1) is 13.2 Å². The average molecular weight is 422 g/mol. The molecule has 0 atom stereocenters. The van der Waals surface area contributed by atoms with E-state index in [0.717, 1.165) is 76.4 Å². The van der Waals surface area contributed by atoms with E-state index < -0.39 is 22.1 Å². The maximum Gasteiger partial charge on any atom is 0.573 e. The van der Waals surface area contributed by atoms with Crippen molar-refractivity contribution in [3.8, 4) is 5.75 Å². The highest BCUT2D eigenvalue weighted by molar-refractivity contribution is 7.89. The largest absolute Gasteiger partial charge is 0.573 e. The van der Waals surface area contributed by atoms with Crippen molar-refractivity contribution >= 4 is 10.0 Å². The van der Waals surface area contributed by atoms with E-state index in [-0.39, 0.29) is 4.90 Å². The van der Waals surface area contributed by atoms with Crippen molar-refractivity contribution < 1.29 is 31.1 Å². The molecule has 0 N–H and O–H groups in total. The van der Waals surface area contributed by atoms with Gasteiger partial charge in [0.15, 0.2) is 0 Å². The number of rotatable bonds is 6. The van der Waals surface area contributed by atoms with Crippen LogP contribution >= 0.6 is 0 Å². The molecule has 0 aromatic heterocycles. The SMILES string of the molecule is O=S(=O)(c1ccc(OC(F)(F)F)cc1)N1CCC(CCN2CCOCC2)CC1. The molecular formula is C18H25F3N2O4S. The van der Waals surface area contributed by atoms with E-state index in [2.05, 4.69) is 9.64 Å². The minimum Gasteiger partial charge on any atom is -0.406 e. The molecule has 2 saturated heterocycles. The fourth-order valence-electron chi connectivity index (χ4n) is 3.59. The number of halogens is 3. The predicted molar refractivity (Wildman–Crippen MR) is 96.5 cm³/mol. The zero-order valence-electron chi connectivity index (χ0n) is 15.5. The van der Waals surface area contributed by atoms with Crippen molar-refractivity contribution in [2.45, 2.75) is 30.5 Å². The number of hydrogen-bond acceptors (Lipinski definition) is 5. The Labute approximate surface area is 163 Å². The average Bonchev–Trinajstić information content (AvgIpc) is 2.67. The van der Waals surface area contributed by atoms with Gasteiger partial charge in [0.1, 0.15) is 5.75 Å². The summed E-state index contributed by atoms with van der Waals surface area (Å²) in [5.74, 6) is 0.0464. The van der Waals surface area contributed by atoms with Crippen LogP contribution in [0.15, 0.2) is 29.2 Å². The summed E-state index contributed by atoms with van der Waals surface area (Å²) in [4.78, 5) is 2.35. The lowest BCUT2D eigenvalue weighted by molar-refractivity contribution is -0.274. The lowest BCUT2D eigenvalue weighted by Crippen LogP contribution is -2.40. The molecule has 3 rings (SSSR count). The van der Waals surface area contributed by atoms with Crippen LogP contribution < -0.4 is 4.74 Å². The molecule has 6 nitrogen and oxygen atoms in total. The summed E-state index contributed by atoms with van der Waals surface area (Å²) in [5, 5.41) is 0. The Hall–Kier alpha value is -1.36. The molecule has 2 aliphatic heterocycles. The van der Waals surface area contributed by atoms with E-state index in [1.165, 1.54) is 4.31 Å². The van der Waals surface area contributed by atoms with Gasteiger partial charge in [0.25, 0.3) is 0 Å². The fourth-order valence-corrected chi connectivity index (χ4v) is 5.06. The Kier molecular flexibility index (Phi) is 6.85. The Morgan fingerprint density at radius 3 is 2.21 bits per heavy atom. The topological polar surface area (TPSA) is 59.1 Å². The number of alkyl halides is 3. The second kappa shape index (κ2) is 8.98. The quantitative estimate of drug-likeness (QED) is 0.706. The van der Waals surface area contributed by atoms with Gasteiger partial charge in [-0.1, -0.05) is 0 Å². The predicted octanol–water partition coefficient (Wildman–Crippen LogP) is 2.71. The molecule has 0 unspecified atom stereocenters. The first-order valence-electron chi connectivity index (χ1n) is 9.40. The Morgan fingerprint density at radius 2 is 1.64 bits per heavy atom. The molecular weight excluding hydrogens is 397 g/mol. The van der Waals surface area contributed by atoms with Crippen molar-refractivity contribution in [3.05, 3.63) is 24.3 Å². The molecule has 2 heterocycles. The molecule has 0 aliphatic carbocycles. The number of hydrogen-bond donors (Lipinski definition) is 0. The monoisotopic (exact) mass is 422 g/mol. The third kappa shape index (κ3) is 5.82. The normalized spacial score (nSPS) is 21.0. The van der Waals surface area contributed by atoms with E-state index in [1.54, 1.807) is 0 Å². The molecule has 2 fully saturated rings. The molecule has 0 radical (unpaired) electrons. The van der Waals surface area contributed by atoms with Crippen LogP contribution in [-0.2, 0) is 14.8 Å². The van der Waals surface area contributed by atoms with Crippen LogP contribution in [-0.4, -0.2) is 69.9 Å². The highest BCUT2D eigenvalue weighted by Crippen LogP contribution is 2.28. The molecule has 0 spiro atoms. The van der Waals surface area contributed by atoms with E-state index in [1.807, 2.05) is 0 Å². The van der Waals surface area contributed by atoms with Gasteiger partial charge in [-0.25, -0.2) is 8.42 Å². The van der Waals surface area contributed by atoms with Crippen molar-refractivity contribution in [2.75, 3.05) is 45.9 Å². The fraction of sp³-hybridized carbons (Fsp3) is 0.667. The van der Waals surface area contributed by atoms with Crippen LogP contribution in [0.2, 0.25) is 0 Å². The molecule has 1 aromatic rings. The standard InChI is InChI=1S/C18H25F3N2O4S/c19-18(20,21)27-16-1-3-17(4-2-16)28(24,25)23-9-6-15(7-10-23)5-8-22-11-13-26-14-12-22/h1-4,15H,5-14H2. The highest BCUT2D eigenvalue weighted by Gasteiger charge is 2.32. The van der Waals surface area contributed by atoms with Crippen molar-refractivity contribution in [2.24, 2.45) is 5.92 Å². The summed E-state index contributed by atoms with van der Waals surface area (Å²) >= 11 is 0. The third-order valence-corrected chi connectivity index (χ3v) is 7.14. The van der Waals surface area contributed by atoms with Gasteiger partial charge in [0, 0.05) is 26.2 Å². The van der Waals surface area contributed by atoms with Gasteiger partial charge in [0.2, 0.25) is 10.0 Å². The lowest BCUT2D eigenvalue weighted by atomic mass is 9.94. The van der Waals surface area contributed by atoms with Gasteiger partial charge in [-0.2, -0.15) is 4.31 Å². The number of ether oxygens (including phenoxy) is 2. The number of sulfonamides is 1. The molecule has 2 aliphatic rings. The van der Waals surface area contributed by atoms with Crippen LogP contribution in [0.5, 0.6) is 5.75 Å². The van der Waals surface area contributed by atoms with Crippen molar-refractivity contribution in [1.82, 2.24) is 9.21 Å². The summed E-state index contributed by atoms with van der Waals surface area (Å²) in [7, 11) is -3.71. The van der Waals surface area contributed by atoms with Gasteiger partial charge >= 0.3 is 6.36 Å². The van der Waals surface area contributed by atoms with Crippen LogP contribution in [0.25, 0.3) is 0 Å². The van der Waals surface area contributed by atoms with Gasteiger partial charge in [-0.3, -0.25) is 4.90 Å². The van der Waals surface area contributed by atoms with E-state index in [4.69, 9.17) is 4.74 Å². The van der Waals surface area contributed by atoms with Gasteiger partial charge in [-0.05, 0) is 56.0 Å².